The lowest BCUT2D eigenvalue weighted by Crippen LogP contribution is -2.38. The summed E-state index contributed by atoms with van der Waals surface area (Å²) in [6.45, 7) is 8.72. The molecule has 0 spiro atoms. The van der Waals surface area contributed by atoms with Crippen molar-refractivity contribution in [2.45, 2.75) is 46.0 Å². The minimum atomic E-state index is 0.304. The molecule has 1 saturated carbocycles. The molecule has 112 valence electrons. The summed E-state index contributed by atoms with van der Waals surface area (Å²) >= 11 is 0. The quantitative estimate of drug-likeness (QED) is 0.587. The standard InChI is InChI=1S/C14H25N5O/c1-4-15-14(17-9-11-5-6-11)16-8-7-12-18-13(10(2)3)19-20-12/h10-11H,4-9H2,1-3H3,(H2,15,16,17). The Kier molecular flexibility index (Phi) is 5.38. The van der Waals surface area contributed by atoms with Gasteiger partial charge in [-0.1, -0.05) is 19.0 Å². The minimum Gasteiger partial charge on any atom is -0.357 e. The first kappa shape index (κ1) is 14.8. The van der Waals surface area contributed by atoms with Crippen molar-refractivity contribution in [1.82, 2.24) is 20.8 Å². The fourth-order valence-corrected chi connectivity index (χ4v) is 1.75. The summed E-state index contributed by atoms with van der Waals surface area (Å²) in [7, 11) is 0. The van der Waals surface area contributed by atoms with Gasteiger partial charge in [0, 0.05) is 32.0 Å². The largest absolute Gasteiger partial charge is 0.357 e. The number of aromatic nitrogens is 2. The van der Waals surface area contributed by atoms with Crippen molar-refractivity contribution in [3.8, 4) is 0 Å². The summed E-state index contributed by atoms with van der Waals surface area (Å²) in [6.07, 6.45) is 3.36. The van der Waals surface area contributed by atoms with E-state index in [1.54, 1.807) is 0 Å². The molecule has 2 N–H and O–H groups in total. The van der Waals surface area contributed by atoms with Crippen molar-refractivity contribution in [2.24, 2.45) is 10.9 Å². The predicted octanol–water partition coefficient (Wildman–Crippen LogP) is 1.70. The Bertz CT molecular complexity index is 437. The highest BCUT2D eigenvalue weighted by Gasteiger charge is 2.20. The number of guanidine groups is 1. The van der Waals surface area contributed by atoms with Crippen LogP contribution >= 0.6 is 0 Å². The zero-order chi connectivity index (χ0) is 14.4. The maximum Gasteiger partial charge on any atom is 0.228 e. The topological polar surface area (TPSA) is 75.3 Å². The van der Waals surface area contributed by atoms with E-state index in [1.165, 1.54) is 12.8 Å². The average Bonchev–Trinajstić information content (AvgIpc) is 3.12. The molecule has 0 unspecified atom stereocenters. The van der Waals surface area contributed by atoms with Gasteiger partial charge in [0.25, 0.3) is 0 Å². The number of hydrogen-bond donors (Lipinski definition) is 2. The summed E-state index contributed by atoms with van der Waals surface area (Å²) in [4.78, 5) is 8.93. The van der Waals surface area contributed by atoms with Crippen LogP contribution in [0.5, 0.6) is 0 Å². The third-order valence-corrected chi connectivity index (χ3v) is 3.18. The third kappa shape index (κ3) is 4.83. The Hall–Kier alpha value is -1.59. The summed E-state index contributed by atoms with van der Waals surface area (Å²) in [5, 5.41) is 10.5. The van der Waals surface area contributed by atoms with Gasteiger partial charge in [-0.2, -0.15) is 4.98 Å². The van der Waals surface area contributed by atoms with E-state index in [-0.39, 0.29) is 0 Å². The summed E-state index contributed by atoms with van der Waals surface area (Å²) in [6, 6.07) is 0. The fourth-order valence-electron chi connectivity index (χ4n) is 1.75. The summed E-state index contributed by atoms with van der Waals surface area (Å²) in [5.41, 5.74) is 0. The monoisotopic (exact) mass is 279 g/mol. The maximum atomic E-state index is 5.21. The second-order valence-corrected chi connectivity index (χ2v) is 5.54. The normalized spacial score (nSPS) is 15.7. The number of rotatable bonds is 7. The van der Waals surface area contributed by atoms with E-state index >= 15 is 0 Å². The van der Waals surface area contributed by atoms with Crippen LogP contribution < -0.4 is 10.6 Å². The molecule has 0 aromatic carbocycles. The van der Waals surface area contributed by atoms with Crippen LogP contribution in [0.2, 0.25) is 0 Å². The zero-order valence-corrected chi connectivity index (χ0v) is 12.6. The molecule has 0 radical (unpaired) electrons. The molecule has 0 atom stereocenters. The van der Waals surface area contributed by atoms with E-state index in [0.717, 1.165) is 37.3 Å². The smallest absolute Gasteiger partial charge is 0.228 e. The van der Waals surface area contributed by atoms with Gasteiger partial charge < -0.3 is 15.2 Å². The molecule has 1 fully saturated rings. The number of nitrogens with zero attached hydrogens (tertiary/aromatic N) is 3. The molecular weight excluding hydrogens is 254 g/mol. The molecule has 6 heteroatoms. The highest BCUT2D eigenvalue weighted by Crippen LogP contribution is 2.28. The molecule has 2 rings (SSSR count). The molecule has 0 amide bonds. The second kappa shape index (κ2) is 7.26. The van der Waals surface area contributed by atoms with Crippen molar-refractivity contribution in [3.63, 3.8) is 0 Å². The molecule has 0 bridgehead atoms. The van der Waals surface area contributed by atoms with Gasteiger partial charge in [-0.3, -0.25) is 4.99 Å². The van der Waals surface area contributed by atoms with Crippen molar-refractivity contribution < 1.29 is 4.52 Å². The van der Waals surface area contributed by atoms with E-state index in [0.29, 0.717) is 18.2 Å². The van der Waals surface area contributed by atoms with Crippen LogP contribution in [-0.4, -0.2) is 35.7 Å². The Morgan fingerprint density at radius 2 is 2.20 bits per heavy atom. The van der Waals surface area contributed by atoms with Crippen molar-refractivity contribution in [3.05, 3.63) is 11.7 Å². The first-order valence-corrected chi connectivity index (χ1v) is 7.53. The average molecular weight is 279 g/mol. The van der Waals surface area contributed by atoms with Gasteiger partial charge in [0.15, 0.2) is 11.8 Å². The zero-order valence-electron chi connectivity index (χ0n) is 12.6. The molecule has 6 nitrogen and oxygen atoms in total. The molecule has 1 aromatic rings. The summed E-state index contributed by atoms with van der Waals surface area (Å²) < 4.78 is 5.21. The van der Waals surface area contributed by atoms with Gasteiger partial charge in [0.05, 0.1) is 0 Å². The van der Waals surface area contributed by atoms with E-state index in [1.807, 2.05) is 0 Å². The van der Waals surface area contributed by atoms with Gasteiger partial charge in [0.1, 0.15) is 0 Å². The van der Waals surface area contributed by atoms with Gasteiger partial charge in [-0.05, 0) is 25.7 Å². The van der Waals surface area contributed by atoms with E-state index in [9.17, 15) is 0 Å². The molecular formula is C14H25N5O. The van der Waals surface area contributed by atoms with Crippen LogP contribution in [-0.2, 0) is 6.42 Å². The lowest BCUT2D eigenvalue weighted by Gasteiger charge is -2.09. The van der Waals surface area contributed by atoms with Gasteiger partial charge in [-0.25, -0.2) is 0 Å². The second-order valence-electron chi connectivity index (χ2n) is 5.54. The maximum absolute atomic E-state index is 5.21. The van der Waals surface area contributed by atoms with Crippen LogP contribution in [0, 0.1) is 5.92 Å². The fraction of sp³-hybridized carbons (Fsp3) is 0.786. The molecule has 0 aliphatic heterocycles. The molecule has 20 heavy (non-hydrogen) atoms. The Morgan fingerprint density at radius 3 is 2.80 bits per heavy atom. The Balaban J connectivity index is 1.74. The van der Waals surface area contributed by atoms with Crippen LogP contribution in [0.25, 0.3) is 0 Å². The minimum absolute atomic E-state index is 0.304. The molecule has 0 saturated heterocycles. The highest BCUT2D eigenvalue weighted by molar-refractivity contribution is 5.79. The van der Waals surface area contributed by atoms with Gasteiger partial charge in [-0.15, -0.1) is 0 Å². The molecule has 1 aliphatic carbocycles. The number of nitrogens with one attached hydrogen (secondary N) is 2. The van der Waals surface area contributed by atoms with E-state index in [2.05, 4.69) is 46.5 Å². The first-order valence-electron chi connectivity index (χ1n) is 7.53. The number of hydrogen-bond acceptors (Lipinski definition) is 4. The first-order chi connectivity index (χ1) is 9.69. The van der Waals surface area contributed by atoms with Crippen LogP contribution in [0.4, 0.5) is 0 Å². The van der Waals surface area contributed by atoms with E-state index in [4.69, 9.17) is 4.52 Å². The highest BCUT2D eigenvalue weighted by atomic mass is 16.5. The van der Waals surface area contributed by atoms with Crippen molar-refractivity contribution in [1.29, 1.82) is 0 Å². The van der Waals surface area contributed by atoms with E-state index < -0.39 is 0 Å². The molecule has 1 aromatic heterocycles. The lowest BCUT2D eigenvalue weighted by atomic mass is 10.2. The summed E-state index contributed by atoms with van der Waals surface area (Å²) in [5.74, 6) is 3.43. The molecule has 1 aliphatic rings. The number of aliphatic imine (C=N–C) groups is 1. The van der Waals surface area contributed by atoms with Crippen LogP contribution in [0.15, 0.2) is 9.52 Å². The lowest BCUT2D eigenvalue weighted by molar-refractivity contribution is 0.371. The Morgan fingerprint density at radius 1 is 1.40 bits per heavy atom. The van der Waals surface area contributed by atoms with Crippen molar-refractivity contribution >= 4 is 5.96 Å². The van der Waals surface area contributed by atoms with Gasteiger partial charge >= 0.3 is 0 Å². The van der Waals surface area contributed by atoms with Crippen LogP contribution in [0.1, 0.15) is 51.2 Å². The van der Waals surface area contributed by atoms with Crippen LogP contribution in [0.3, 0.4) is 0 Å². The SMILES string of the molecule is CCNC(=NCC1CC1)NCCc1nc(C(C)C)no1. The Labute approximate surface area is 120 Å². The van der Waals surface area contributed by atoms with Gasteiger partial charge in [0.2, 0.25) is 5.89 Å². The van der Waals surface area contributed by atoms with Crippen molar-refractivity contribution in [2.75, 3.05) is 19.6 Å². The molecule has 1 heterocycles. The predicted molar refractivity (Wildman–Crippen MR) is 78.8 cm³/mol. The third-order valence-electron chi connectivity index (χ3n) is 3.18.